The third-order valence-corrected chi connectivity index (χ3v) is 2.41. The van der Waals surface area contributed by atoms with Gasteiger partial charge in [0.15, 0.2) is 0 Å². The van der Waals surface area contributed by atoms with Crippen LogP contribution < -0.4 is 11.1 Å². The molecule has 1 aromatic carbocycles. The van der Waals surface area contributed by atoms with Gasteiger partial charge in [-0.2, -0.15) is 18.4 Å². The predicted octanol–water partition coefficient (Wildman–Crippen LogP) is 2.73. The fourth-order valence-electron chi connectivity index (χ4n) is 1.50. The Kier molecular flexibility index (Phi) is 4.98. The number of nitriles is 1. The molecule has 0 heterocycles. The summed E-state index contributed by atoms with van der Waals surface area (Å²) in [5, 5.41) is 11.7. The Balaban J connectivity index is 2.77. The summed E-state index contributed by atoms with van der Waals surface area (Å²) in [5.74, 6) is 0. The number of hydrogen-bond acceptors (Lipinski definition) is 3. The van der Waals surface area contributed by atoms with Crippen LogP contribution in [0.3, 0.4) is 0 Å². The molecule has 0 aliphatic carbocycles. The van der Waals surface area contributed by atoms with Gasteiger partial charge in [0.1, 0.15) is 0 Å². The van der Waals surface area contributed by atoms with E-state index in [-0.39, 0.29) is 5.56 Å². The molecule has 1 aromatic rings. The van der Waals surface area contributed by atoms with Gasteiger partial charge in [0.25, 0.3) is 0 Å². The maximum absolute atomic E-state index is 12.5. The molecule has 0 amide bonds. The van der Waals surface area contributed by atoms with Crippen LogP contribution >= 0.6 is 0 Å². The highest BCUT2D eigenvalue weighted by Gasteiger charge is 2.33. The topological polar surface area (TPSA) is 61.8 Å². The van der Waals surface area contributed by atoms with Crippen LogP contribution in [0.15, 0.2) is 18.2 Å². The first-order valence-corrected chi connectivity index (χ1v) is 5.54. The Morgan fingerprint density at radius 2 is 2.00 bits per heavy atom. The van der Waals surface area contributed by atoms with Crippen molar-refractivity contribution >= 4 is 5.69 Å². The summed E-state index contributed by atoms with van der Waals surface area (Å²) in [4.78, 5) is 0. The smallest absolute Gasteiger partial charge is 0.385 e. The number of nitrogens with zero attached hydrogens (tertiary/aromatic N) is 1. The molecular formula is C12H14F3N3. The first-order chi connectivity index (χ1) is 8.49. The van der Waals surface area contributed by atoms with Crippen LogP contribution in [-0.4, -0.2) is 13.1 Å². The van der Waals surface area contributed by atoms with Gasteiger partial charge in [-0.25, -0.2) is 0 Å². The molecule has 6 heteroatoms. The van der Waals surface area contributed by atoms with Crippen molar-refractivity contribution in [1.82, 2.24) is 0 Å². The number of anilines is 1. The van der Waals surface area contributed by atoms with Crippen LogP contribution in [0.25, 0.3) is 0 Å². The maximum Gasteiger partial charge on any atom is 0.417 e. The summed E-state index contributed by atoms with van der Waals surface area (Å²) >= 11 is 0. The van der Waals surface area contributed by atoms with Crippen LogP contribution in [-0.2, 0) is 6.18 Å². The number of alkyl halides is 3. The minimum atomic E-state index is -4.50. The zero-order chi connectivity index (χ0) is 13.6. The molecule has 0 fully saturated rings. The van der Waals surface area contributed by atoms with Crippen LogP contribution in [0.5, 0.6) is 0 Å². The highest BCUT2D eigenvalue weighted by molar-refractivity contribution is 5.53. The molecule has 0 atom stereocenters. The van der Waals surface area contributed by atoms with Crippen LogP contribution in [0, 0.1) is 11.3 Å². The van der Waals surface area contributed by atoms with Crippen molar-refractivity contribution in [2.24, 2.45) is 5.73 Å². The minimum Gasteiger partial charge on any atom is -0.385 e. The summed E-state index contributed by atoms with van der Waals surface area (Å²) < 4.78 is 37.6. The highest BCUT2D eigenvalue weighted by atomic mass is 19.4. The van der Waals surface area contributed by atoms with Gasteiger partial charge in [-0.15, -0.1) is 0 Å². The summed E-state index contributed by atoms with van der Waals surface area (Å²) in [5.41, 5.74) is 4.56. The van der Waals surface area contributed by atoms with Crippen molar-refractivity contribution < 1.29 is 13.2 Å². The second-order valence-corrected chi connectivity index (χ2v) is 3.79. The van der Waals surface area contributed by atoms with E-state index >= 15 is 0 Å². The lowest BCUT2D eigenvalue weighted by Crippen LogP contribution is -2.09. The molecule has 1 rings (SSSR count). The molecule has 98 valence electrons. The number of benzene rings is 1. The summed E-state index contributed by atoms with van der Waals surface area (Å²) in [6.07, 6.45) is -2.82. The van der Waals surface area contributed by atoms with E-state index < -0.39 is 11.7 Å². The fraction of sp³-hybridized carbons (Fsp3) is 0.417. The van der Waals surface area contributed by atoms with Crippen molar-refractivity contribution in [3.8, 4) is 6.07 Å². The zero-order valence-electron chi connectivity index (χ0n) is 9.72. The SMILES string of the molecule is N#Cc1cc(NCCCCN)ccc1C(F)(F)F. The van der Waals surface area contributed by atoms with E-state index in [0.717, 1.165) is 18.9 Å². The second kappa shape index (κ2) is 6.26. The molecular weight excluding hydrogens is 243 g/mol. The lowest BCUT2D eigenvalue weighted by molar-refractivity contribution is -0.137. The molecule has 3 N–H and O–H groups in total. The summed E-state index contributed by atoms with van der Waals surface area (Å²) in [6.45, 7) is 1.20. The van der Waals surface area contributed by atoms with Gasteiger partial charge >= 0.3 is 6.18 Å². The van der Waals surface area contributed by atoms with Gasteiger partial charge in [0.2, 0.25) is 0 Å². The molecule has 0 aromatic heterocycles. The van der Waals surface area contributed by atoms with E-state index in [4.69, 9.17) is 11.0 Å². The van der Waals surface area contributed by atoms with Gasteiger partial charge in [0.05, 0.1) is 17.2 Å². The lowest BCUT2D eigenvalue weighted by Gasteiger charge is -2.11. The number of nitrogens with one attached hydrogen (secondary N) is 1. The van der Waals surface area contributed by atoms with Crippen LogP contribution in [0.1, 0.15) is 24.0 Å². The molecule has 0 spiro atoms. The third kappa shape index (κ3) is 3.93. The van der Waals surface area contributed by atoms with Crippen molar-refractivity contribution in [3.63, 3.8) is 0 Å². The fourth-order valence-corrected chi connectivity index (χ4v) is 1.50. The minimum absolute atomic E-state index is 0.369. The maximum atomic E-state index is 12.5. The Bertz CT molecular complexity index is 435. The van der Waals surface area contributed by atoms with Crippen molar-refractivity contribution in [3.05, 3.63) is 29.3 Å². The predicted molar refractivity (Wildman–Crippen MR) is 62.9 cm³/mol. The Morgan fingerprint density at radius 1 is 1.28 bits per heavy atom. The molecule has 3 nitrogen and oxygen atoms in total. The molecule has 0 aliphatic rings. The van der Waals surface area contributed by atoms with Crippen LogP contribution in [0.2, 0.25) is 0 Å². The van der Waals surface area contributed by atoms with E-state index in [1.165, 1.54) is 12.1 Å². The largest absolute Gasteiger partial charge is 0.417 e. The van der Waals surface area contributed by atoms with E-state index in [1.54, 1.807) is 6.07 Å². The molecule has 18 heavy (non-hydrogen) atoms. The molecule has 0 aliphatic heterocycles. The summed E-state index contributed by atoms with van der Waals surface area (Å²) in [6, 6.07) is 5.02. The first kappa shape index (κ1) is 14.3. The van der Waals surface area contributed by atoms with Gasteiger partial charge in [-0.3, -0.25) is 0 Å². The van der Waals surface area contributed by atoms with Crippen molar-refractivity contribution in [1.29, 1.82) is 5.26 Å². The Hall–Kier alpha value is -1.74. The Morgan fingerprint density at radius 3 is 2.56 bits per heavy atom. The van der Waals surface area contributed by atoms with E-state index in [0.29, 0.717) is 18.8 Å². The number of hydrogen-bond donors (Lipinski definition) is 2. The quantitative estimate of drug-likeness (QED) is 0.797. The second-order valence-electron chi connectivity index (χ2n) is 3.79. The number of nitrogens with two attached hydrogens (primary N) is 1. The van der Waals surface area contributed by atoms with Gasteiger partial charge < -0.3 is 11.1 Å². The standard InChI is InChI=1S/C12H14F3N3/c13-12(14,15)11-4-3-10(7-9(11)8-17)18-6-2-1-5-16/h3-4,7,18H,1-2,5-6,16H2. The van der Waals surface area contributed by atoms with E-state index in [9.17, 15) is 13.2 Å². The highest BCUT2D eigenvalue weighted by Crippen LogP contribution is 2.32. The number of unbranched alkanes of at least 4 members (excludes halogenated alkanes) is 1. The normalized spacial score (nSPS) is 11.1. The van der Waals surface area contributed by atoms with E-state index in [1.807, 2.05) is 0 Å². The Labute approximate surface area is 103 Å². The van der Waals surface area contributed by atoms with Gasteiger partial charge in [-0.05, 0) is 37.6 Å². The third-order valence-electron chi connectivity index (χ3n) is 2.41. The van der Waals surface area contributed by atoms with Gasteiger partial charge in [-0.1, -0.05) is 0 Å². The van der Waals surface area contributed by atoms with E-state index in [2.05, 4.69) is 5.32 Å². The molecule has 0 radical (unpaired) electrons. The summed E-state index contributed by atoms with van der Waals surface area (Å²) in [7, 11) is 0. The van der Waals surface area contributed by atoms with Crippen molar-refractivity contribution in [2.45, 2.75) is 19.0 Å². The molecule has 0 unspecified atom stereocenters. The average Bonchev–Trinajstić information content (AvgIpc) is 2.33. The molecule has 0 saturated carbocycles. The number of halogens is 3. The lowest BCUT2D eigenvalue weighted by atomic mass is 10.1. The molecule has 0 bridgehead atoms. The van der Waals surface area contributed by atoms with Gasteiger partial charge in [0, 0.05) is 12.2 Å². The molecule has 0 saturated heterocycles. The zero-order valence-corrected chi connectivity index (χ0v) is 9.72. The van der Waals surface area contributed by atoms with Crippen LogP contribution in [0.4, 0.5) is 18.9 Å². The van der Waals surface area contributed by atoms with Crippen molar-refractivity contribution in [2.75, 3.05) is 18.4 Å². The number of rotatable bonds is 5. The monoisotopic (exact) mass is 257 g/mol. The average molecular weight is 257 g/mol. The first-order valence-electron chi connectivity index (χ1n) is 5.54.